The summed E-state index contributed by atoms with van der Waals surface area (Å²) in [7, 11) is 0. The molecule has 4 nitrogen and oxygen atoms in total. The van der Waals surface area contributed by atoms with Crippen molar-refractivity contribution in [1.82, 2.24) is 0 Å². The summed E-state index contributed by atoms with van der Waals surface area (Å²) in [5.74, 6) is 0. The molecule has 0 aromatic carbocycles. The Kier molecular flexibility index (Phi) is 11.0. The molecule has 0 aromatic heterocycles. The average molecular weight is 259 g/mol. The highest BCUT2D eigenvalue weighted by Crippen LogP contribution is 2.14. The van der Waals surface area contributed by atoms with Crippen LogP contribution in [0.25, 0.3) is 0 Å². The number of nitro groups is 1. The molecule has 0 aliphatic heterocycles. The molecule has 108 valence electrons. The minimum absolute atomic E-state index is 0.242. The molecule has 4 heteroatoms. The molecule has 0 fully saturated rings. The van der Waals surface area contributed by atoms with Crippen molar-refractivity contribution in [3.8, 4) is 0 Å². The first-order chi connectivity index (χ1) is 8.57. The average Bonchev–Trinajstić information content (AvgIpc) is 2.30. The van der Waals surface area contributed by atoms with Gasteiger partial charge in [0.05, 0.1) is 6.10 Å². The zero-order valence-electron chi connectivity index (χ0n) is 11.9. The summed E-state index contributed by atoms with van der Waals surface area (Å²) in [6, 6.07) is -0.565. The highest BCUT2D eigenvalue weighted by Gasteiger charge is 2.21. The van der Waals surface area contributed by atoms with Gasteiger partial charge in [-0.25, -0.2) is 0 Å². The fourth-order valence-corrected chi connectivity index (χ4v) is 2.22. The fraction of sp³-hybridized carbons (Fsp3) is 1.00. The van der Waals surface area contributed by atoms with Gasteiger partial charge in [-0.15, -0.1) is 0 Å². The Morgan fingerprint density at radius 2 is 1.56 bits per heavy atom. The molecule has 0 bridgehead atoms. The molecule has 2 unspecified atom stereocenters. The van der Waals surface area contributed by atoms with Crippen molar-refractivity contribution in [3.05, 3.63) is 10.1 Å². The highest BCUT2D eigenvalue weighted by molar-refractivity contribution is 4.61. The van der Waals surface area contributed by atoms with Gasteiger partial charge < -0.3 is 5.11 Å². The maximum Gasteiger partial charge on any atom is 0.215 e. The van der Waals surface area contributed by atoms with Crippen LogP contribution in [-0.4, -0.2) is 22.2 Å². The van der Waals surface area contributed by atoms with Crippen LogP contribution in [0.2, 0.25) is 0 Å². The van der Waals surface area contributed by atoms with E-state index in [-0.39, 0.29) is 11.3 Å². The van der Waals surface area contributed by atoms with Crippen molar-refractivity contribution < 1.29 is 10.0 Å². The second-order valence-electron chi connectivity index (χ2n) is 5.29. The molecule has 0 aromatic rings. The lowest BCUT2D eigenvalue weighted by molar-refractivity contribution is -0.526. The lowest BCUT2D eigenvalue weighted by Gasteiger charge is -2.10. The summed E-state index contributed by atoms with van der Waals surface area (Å²) >= 11 is 0. The number of unbranched alkanes of at least 4 members (excludes halogenated alkanes) is 7. The van der Waals surface area contributed by atoms with E-state index in [1.165, 1.54) is 38.5 Å². The van der Waals surface area contributed by atoms with Gasteiger partial charge in [0.1, 0.15) is 0 Å². The minimum Gasteiger partial charge on any atom is -0.393 e. The van der Waals surface area contributed by atoms with E-state index in [4.69, 9.17) is 0 Å². The summed E-state index contributed by atoms with van der Waals surface area (Å²) < 4.78 is 0. The molecule has 0 spiro atoms. The van der Waals surface area contributed by atoms with E-state index < -0.39 is 12.1 Å². The van der Waals surface area contributed by atoms with Crippen molar-refractivity contribution in [2.45, 2.75) is 90.2 Å². The number of hydrogen-bond acceptors (Lipinski definition) is 3. The smallest absolute Gasteiger partial charge is 0.215 e. The third-order valence-corrected chi connectivity index (χ3v) is 3.30. The number of hydrogen-bond donors (Lipinski definition) is 1. The first-order valence-corrected chi connectivity index (χ1v) is 7.39. The van der Waals surface area contributed by atoms with E-state index in [1.54, 1.807) is 6.92 Å². The van der Waals surface area contributed by atoms with Gasteiger partial charge >= 0.3 is 0 Å². The van der Waals surface area contributed by atoms with Gasteiger partial charge in [-0.2, -0.15) is 0 Å². The zero-order valence-corrected chi connectivity index (χ0v) is 11.9. The van der Waals surface area contributed by atoms with Crippen LogP contribution in [0.5, 0.6) is 0 Å². The van der Waals surface area contributed by atoms with Crippen LogP contribution in [0.4, 0.5) is 0 Å². The summed E-state index contributed by atoms with van der Waals surface area (Å²) in [6.07, 6.45) is 9.92. The minimum atomic E-state index is -0.575. The van der Waals surface area contributed by atoms with Gasteiger partial charge in [0, 0.05) is 17.8 Å². The summed E-state index contributed by atoms with van der Waals surface area (Å²) in [5, 5.41) is 20.0. The van der Waals surface area contributed by atoms with Gasteiger partial charge in [-0.1, -0.05) is 51.9 Å². The number of nitrogens with zero attached hydrogens (tertiary/aromatic N) is 1. The fourth-order valence-electron chi connectivity index (χ4n) is 2.22. The topological polar surface area (TPSA) is 63.4 Å². The highest BCUT2D eigenvalue weighted by atomic mass is 16.6. The van der Waals surface area contributed by atoms with Gasteiger partial charge in [0.15, 0.2) is 0 Å². The zero-order chi connectivity index (χ0) is 13.8. The molecule has 2 atom stereocenters. The second kappa shape index (κ2) is 11.5. The summed E-state index contributed by atoms with van der Waals surface area (Å²) in [5.41, 5.74) is 0. The maximum atomic E-state index is 10.8. The molecule has 0 aliphatic carbocycles. The predicted octanol–water partition coefficient (Wildman–Crippen LogP) is 3.93. The predicted molar refractivity (Wildman–Crippen MR) is 74.3 cm³/mol. The van der Waals surface area contributed by atoms with Crippen LogP contribution in [-0.2, 0) is 0 Å². The Morgan fingerprint density at radius 3 is 2.00 bits per heavy atom. The lowest BCUT2D eigenvalue weighted by Crippen LogP contribution is -2.24. The molecule has 0 aliphatic rings. The van der Waals surface area contributed by atoms with E-state index >= 15 is 0 Å². The number of aliphatic hydroxyl groups is 1. The SMILES string of the molecule is CCCCCCCCCCC(CC(C)O)[N+](=O)[O-]. The van der Waals surface area contributed by atoms with Gasteiger partial charge in [0.25, 0.3) is 0 Å². The quantitative estimate of drug-likeness (QED) is 0.328. The molecule has 0 saturated carbocycles. The second-order valence-corrected chi connectivity index (χ2v) is 5.29. The van der Waals surface area contributed by atoms with E-state index in [0.29, 0.717) is 6.42 Å². The van der Waals surface area contributed by atoms with Crippen LogP contribution in [0.15, 0.2) is 0 Å². The third-order valence-electron chi connectivity index (χ3n) is 3.30. The van der Waals surface area contributed by atoms with E-state index in [2.05, 4.69) is 6.92 Å². The first-order valence-electron chi connectivity index (χ1n) is 7.39. The van der Waals surface area contributed by atoms with Crippen molar-refractivity contribution in [2.24, 2.45) is 0 Å². The summed E-state index contributed by atoms with van der Waals surface area (Å²) in [4.78, 5) is 10.5. The van der Waals surface area contributed by atoms with Crippen molar-refractivity contribution >= 4 is 0 Å². The first kappa shape index (κ1) is 17.4. The van der Waals surface area contributed by atoms with Crippen LogP contribution in [0, 0.1) is 10.1 Å². The van der Waals surface area contributed by atoms with E-state index in [1.807, 2.05) is 0 Å². The molecule has 0 radical (unpaired) electrons. The summed E-state index contributed by atoms with van der Waals surface area (Å²) in [6.45, 7) is 3.82. The van der Waals surface area contributed by atoms with Crippen molar-refractivity contribution in [1.29, 1.82) is 0 Å². The van der Waals surface area contributed by atoms with Crippen molar-refractivity contribution in [2.75, 3.05) is 0 Å². The lowest BCUT2D eigenvalue weighted by atomic mass is 10.0. The molecular formula is C14H29NO3. The number of rotatable bonds is 12. The van der Waals surface area contributed by atoms with Crippen molar-refractivity contribution in [3.63, 3.8) is 0 Å². The van der Waals surface area contributed by atoms with E-state index in [9.17, 15) is 15.2 Å². The largest absolute Gasteiger partial charge is 0.393 e. The van der Waals surface area contributed by atoms with Gasteiger partial charge in [0.2, 0.25) is 6.04 Å². The van der Waals surface area contributed by atoms with Crippen LogP contribution < -0.4 is 0 Å². The molecule has 0 heterocycles. The van der Waals surface area contributed by atoms with Gasteiger partial charge in [-0.05, 0) is 13.3 Å². The molecule has 0 saturated heterocycles. The molecule has 0 rings (SSSR count). The van der Waals surface area contributed by atoms with Gasteiger partial charge in [-0.3, -0.25) is 10.1 Å². The Morgan fingerprint density at radius 1 is 1.06 bits per heavy atom. The molecule has 0 amide bonds. The normalized spacial score (nSPS) is 14.4. The standard InChI is InChI=1S/C14H29NO3/c1-3-4-5-6-7-8-9-10-11-14(15(17)18)12-13(2)16/h13-14,16H,3-12H2,1-2H3. The number of aliphatic hydroxyl groups excluding tert-OH is 1. The van der Waals surface area contributed by atoms with Crippen LogP contribution in [0.3, 0.4) is 0 Å². The van der Waals surface area contributed by atoms with Crippen LogP contribution >= 0.6 is 0 Å². The third kappa shape index (κ3) is 10.5. The Labute approximate surface area is 111 Å². The Hall–Kier alpha value is -0.640. The molecule has 18 heavy (non-hydrogen) atoms. The maximum absolute atomic E-state index is 10.8. The molecule has 1 N–H and O–H groups in total. The Balaban J connectivity index is 3.47. The Bertz CT molecular complexity index is 207. The van der Waals surface area contributed by atoms with E-state index in [0.717, 1.165) is 12.8 Å². The monoisotopic (exact) mass is 259 g/mol. The molecular weight excluding hydrogens is 230 g/mol. The van der Waals surface area contributed by atoms with Crippen LogP contribution in [0.1, 0.15) is 78.1 Å².